The van der Waals surface area contributed by atoms with E-state index in [9.17, 15) is 4.79 Å². The van der Waals surface area contributed by atoms with Crippen LogP contribution in [-0.2, 0) is 0 Å². The van der Waals surface area contributed by atoms with Crippen molar-refractivity contribution >= 4 is 49.1 Å². The van der Waals surface area contributed by atoms with Gasteiger partial charge in [-0.2, -0.15) is 0 Å². The number of amides is 1. The van der Waals surface area contributed by atoms with E-state index in [4.69, 9.17) is 5.73 Å². The molecule has 1 heterocycles. The second-order valence-corrected chi connectivity index (χ2v) is 5.63. The molecule has 0 radical (unpaired) electrons. The van der Waals surface area contributed by atoms with Gasteiger partial charge in [0.2, 0.25) is 0 Å². The number of hydrogen-bond donors (Lipinski definition) is 2. The third-order valence-corrected chi connectivity index (χ3v) is 4.03. The van der Waals surface area contributed by atoms with Gasteiger partial charge in [0.1, 0.15) is 4.60 Å². The number of rotatable bonds is 2. The van der Waals surface area contributed by atoms with Gasteiger partial charge in [-0.15, -0.1) is 0 Å². The van der Waals surface area contributed by atoms with Crippen molar-refractivity contribution < 1.29 is 4.79 Å². The summed E-state index contributed by atoms with van der Waals surface area (Å²) < 4.78 is 1.46. The van der Waals surface area contributed by atoms with Crippen LogP contribution >= 0.6 is 31.9 Å². The van der Waals surface area contributed by atoms with Crippen molar-refractivity contribution in [2.75, 3.05) is 11.1 Å². The smallest absolute Gasteiger partial charge is 0.256 e. The monoisotopic (exact) mass is 383 g/mol. The van der Waals surface area contributed by atoms with Gasteiger partial charge in [0.05, 0.1) is 17.4 Å². The van der Waals surface area contributed by atoms with Crippen molar-refractivity contribution in [1.82, 2.24) is 4.98 Å². The molecule has 0 atom stereocenters. The number of benzene rings is 1. The number of hydrogen-bond acceptors (Lipinski definition) is 3. The highest BCUT2D eigenvalue weighted by Crippen LogP contribution is 2.22. The maximum atomic E-state index is 12.1. The maximum Gasteiger partial charge on any atom is 0.256 e. The number of halogens is 2. The van der Waals surface area contributed by atoms with Crippen LogP contribution in [0.3, 0.4) is 0 Å². The number of pyridine rings is 1. The number of carbonyl (C=O) groups is 1. The third kappa shape index (κ3) is 3.33. The minimum Gasteiger partial charge on any atom is -0.399 e. The van der Waals surface area contributed by atoms with Crippen molar-refractivity contribution in [3.8, 4) is 0 Å². The normalized spacial score (nSPS) is 10.3. The SMILES string of the molecule is Cc1cc(NC(=O)c2cc(N)ccc2Br)cnc1Br. The van der Waals surface area contributed by atoms with Gasteiger partial charge in [0.15, 0.2) is 0 Å². The zero-order chi connectivity index (χ0) is 14.0. The zero-order valence-electron chi connectivity index (χ0n) is 10.1. The molecule has 0 fully saturated rings. The first-order chi connectivity index (χ1) is 8.97. The molecule has 1 aromatic heterocycles. The largest absolute Gasteiger partial charge is 0.399 e. The fourth-order valence-corrected chi connectivity index (χ4v) is 2.19. The zero-order valence-corrected chi connectivity index (χ0v) is 13.2. The van der Waals surface area contributed by atoms with Gasteiger partial charge in [-0.1, -0.05) is 0 Å². The van der Waals surface area contributed by atoms with E-state index < -0.39 is 0 Å². The van der Waals surface area contributed by atoms with E-state index in [2.05, 4.69) is 42.2 Å². The standard InChI is InChI=1S/C13H11Br2N3O/c1-7-4-9(6-17-12(7)15)18-13(19)10-5-8(16)2-3-11(10)14/h2-6H,16H2,1H3,(H,18,19). The summed E-state index contributed by atoms with van der Waals surface area (Å²) in [5, 5.41) is 2.79. The average Bonchev–Trinajstić information content (AvgIpc) is 2.36. The van der Waals surface area contributed by atoms with Crippen molar-refractivity contribution in [2.45, 2.75) is 6.92 Å². The molecular weight excluding hydrogens is 374 g/mol. The van der Waals surface area contributed by atoms with Crippen LogP contribution in [0.5, 0.6) is 0 Å². The lowest BCUT2D eigenvalue weighted by Gasteiger charge is -2.08. The first kappa shape index (κ1) is 14.0. The Kier molecular flexibility index (Phi) is 4.21. The van der Waals surface area contributed by atoms with Crippen molar-refractivity contribution in [3.05, 3.63) is 50.7 Å². The summed E-state index contributed by atoms with van der Waals surface area (Å²) in [4.78, 5) is 16.3. The summed E-state index contributed by atoms with van der Waals surface area (Å²) in [5.41, 5.74) is 8.30. The molecule has 1 aromatic carbocycles. The Labute approximate surface area is 127 Å². The molecule has 1 amide bonds. The Morgan fingerprint density at radius 2 is 2.05 bits per heavy atom. The Balaban J connectivity index is 2.25. The second-order valence-electron chi connectivity index (χ2n) is 4.03. The predicted molar refractivity (Wildman–Crippen MR) is 83.2 cm³/mol. The summed E-state index contributed by atoms with van der Waals surface area (Å²) in [6.45, 7) is 1.91. The Morgan fingerprint density at radius 3 is 2.74 bits per heavy atom. The molecule has 19 heavy (non-hydrogen) atoms. The first-order valence-electron chi connectivity index (χ1n) is 5.46. The van der Waals surface area contributed by atoms with E-state index in [1.807, 2.05) is 13.0 Å². The minimum absolute atomic E-state index is 0.234. The van der Waals surface area contributed by atoms with Gasteiger partial charge >= 0.3 is 0 Å². The summed E-state index contributed by atoms with van der Waals surface area (Å²) in [7, 11) is 0. The topological polar surface area (TPSA) is 68.0 Å². The fraction of sp³-hybridized carbons (Fsp3) is 0.0769. The van der Waals surface area contributed by atoms with Gasteiger partial charge < -0.3 is 11.1 Å². The molecule has 0 saturated heterocycles. The van der Waals surface area contributed by atoms with E-state index in [0.29, 0.717) is 21.4 Å². The quantitative estimate of drug-likeness (QED) is 0.612. The molecular formula is C13H11Br2N3O. The molecule has 6 heteroatoms. The van der Waals surface area contributed by atoms with Gasteiger partial charge in [-0.3, -0.25) is 4.79 Å². The van der Waals surface area contributed by atoms with Gasteiger partial charge in [-0.05, 0) is 68.6 Å². The second kappa shape index (κ2) is 5.71. The number of nitrogens with zero attached hydrogens (tertiary/aromatic N) is 1. The highest BCUT2D eigenvalue weighted by molar-refractivity contribution is 9.10. The number of nitrogens with two attached hydrogens (primary N) is 1. The van der Waals surface area contributed by atoms with E-state index in [1.165, 1.54) is 0 Å². The lowest BCUT2D eigenvalue weighted by molar-refractivity contribution is 0.102. The highest BCUT2D eigenvalue weighted by atomic mass is 79.9. The number of aromatic nitrogens is 1. The molecule has 0 saturated carbocycles. The molecule has 0 aliphatic rings. The van der Waals surface area contributed by atoms with Crippen LogP contribution in [0, 0.1) is 6.92 Å². The molecule has 2 aromatic rings. The average molecular weight is 385 g/mol. The molecule has 98 valence electrons. The predicted octanol–water partition coefficient (Wildman–Crippen LogP) is 3.75. The number of anilines is 2. The summed E-state index contributed by atoms with van der Waals surface area (Å²) in [6, 6.07) is 6.94. The van der Waals surface area contributed by atoms with Crippen LogP contribution in [0.15, 0.2) is 39.5 Å². The summed E-state index contributed by atoms with van der Waals surface area (Å²) >= 11 is 6.64. The Bertz CT molecular complexity index is 644. The number of nitrogen functional groups attached to an aromatic ring is 1. The van der Waals surface area contributed by atoms with Crippen LogP contribution < -0.4 is 11.1 Å². The molecule has 3 N–H and O–H groups in total. The minimum atomic E-state index is -0.234. The van der Waals surface area contributed by atoms with Crippen molar-refractivity contribution in [3.63, 3.8) is 0 Å². The van der Waals surface area contributed by atoms with E-state index in [0.717, 1.165) is 10.2 Å². The van der Waals surface area contributed by atoms with Crippen LogP contribution in [-0.4, -0.2) is 10.9 Å². The van der Waals surface area contributed by atoms with E-state index in [1.54, 1.807) is 24.4 Å². The lowest BCUT2D eigenvalue weighted by atomic mass is 10.2. The molecule has 4 nitrogen and oxygen atoms in total. The maximum absolute atomic E-state index is 12.1. The van der Waals surface area contributed by atoms with Crippen LogP contribution in [0.25, 0.3) is 0 Å². The van der Waals surface area contributed by atoms with Crippen LogP contribution in [0.1, 0.15) is 15.9 Å². The highest BCUT2D eigenvalue weighted by Gasteiger charge is 2.11. The third-order valence-electron chi connectivity index (χ3n) is 2.51. The van der Waals surface area contributed by atoms with Gasteiger partial charge in [0, 0.05) is 10.2 Å². The lowest BCUT2D eigenvalue weighted by Crippen LogP contribution is -2.13. The van der Waals surface area contributed by atoms with E-state index in [-0.39, 0.29) is 5.91 Å². The molecule has 0 bridgehead atoms. The van der Waals surface area contributed by atoms with Crippen molar-refractivity contribution in [2.24, 2.45) is 0 Å². The molecule has 2 rings (SSSR count). The molecule has 0 aliphatic carbocycles. The number of nitrogens with one attached hydrogen (secondary N) is 1. The van der Waals surface area contributed by atoms with E-state index >= 15 is 0 Å². The van der Waals surface area contributed by atoms with Gasteiger partial charge in [0.25, 0.3) is 5.91 Å². The number of aryl methyl sites for hydroxylation is 1. The van der Waals surface area contributed by atoms with Gasteiger partial charge in [-0.25, -0.2) is 4.98 Å². The number of carbonyl (C=O) groups excluding carboxylic acids is 1. The van der Waals surface area contributed by atoms with Crippen LogP contribution in [0.2, 0.25) is 0 Å². The Morgan fingerprint density at radius 1 is 1.32 bits per heavy atom. The Hall–Kier alpha value is -1.40. The molecule has 0 unspecified atom stereocenters. The van der Waals surface area contributed by atoms with Crippen LogP contribution in [0.4, 0.5) is 11.4 Å². The fourth-order valence-electron chi connectivity index (χ4n) is 1.54. The summed E-state index contributed by atoms with van der Waals surface area (Å²) in [6.07, 6.45) is 1.59. The van der Waals surface area contributed by atoms with Crippen molar-refractivity contribution in [1.29, 1.82) is 0 Å². The summed E-state index contributed by atoms with van der Waals surface area (Å²) in [5.74, 6) is -0.234. The molecule has 0 spiro atoms. The first-order valence-corrected chi connectivity index (χ1v) is 7.04. The molecule has 0 aliphatic heterocycles.